The normalized spacial score (nSPS) is 14.4. The Morgan fingerprint density at radius 1 is 1.28 bits per heavy atom. The van der Waals surface area contributed by atoms with Gasteiger partial charge in [-0.05, 0) is 26.6 Å². The van der Waals surface area contributed by atoms with Crippen molar-refractivity contribution in [2.45, 2.75) is 34.6 Å². The molecule has 18 heavy (non-hydrogen) atoms. The fraction of sp³-hybridized carbons (Fsp3) is 0.733. The highest BCUT2D eigenvalue weighted by atomic mass is 15.1. The first-order valence-corrected chi connectivity index (χ1v) is 6.80. The monoisotopic (exact) mass is 253 g/mol. The van der Waals surface area contributed by atoms with E-state index in [1.165, 1.54) is 5.57 Å². The van der Waals surface area contributed by atoms with E-state index in [4.69, 9.17) is 5.73 Å². The molecule has 106 valence electrons. The number of nitrogens with one attached hydrogen (secondary N) is 1. The van der Waals surface area contributed by atoms with Crippen LogP contribution in [0.5, 0.6) is 0 Å². The molecular weight excluding hydrogens is 222 g/mol. The molecule has 3 nitrogen and oxygen atoms in total. The van der Waals surface area contributed by atoms with Gasteiger partial charge in [0.15, 0.2) is 0 Å². The molecule has 3 N–H and O–H groups in total. The van der Waals surface area contributed by atoms with E-state index in [1.54, 1.807) is 0 Å². The van der Waals surface area contributed by atoms with Gasteiger partial charge in [-0.15, -0.1) is 0 Å². The Hall–Kier alpha value is -0.800. The van der Waals surface area contributed by atoms with Crippen LogP contribution in [0.15, 0.2) is 23.4 Å². The van der Waals surface area contributed by atoms with E-state index >= 15 is 0 Å². The van der Waals surface area contributed by atoms with Crippen molar-refractivity contribution in [2.75, 3.05) is 33.2 Å². The van der Waals surface area contributed by atoms with Gasteiger partial charge in [0, 0.05) is 30.7 Å². The molecule has 0 aromatic carbocycles. The van der Waals surface area contributed by atoms with Gasteiger partial charge in [0.1, 0.15) is 0 Å². The molecule has 0 radical (unpaired) electrons. The molecule has 0 rings (SSSR count). The number of nitrogens with two attached hydrogens (primary N) is 1. The van der Waals surface area contributed by atoms with Crippen LogP contribution in [0.1, 0.15) is 34.6 Å². The zero-order valence-corrected chi connectivity index (χ0v) is 13.0. The van der Waals surface area contributed by atoms with Crippen molar-refractivity contribution in [3.8, 4) is 0 Å². The van der Waals surface area contributed by atoms with Gasteiger partial charge in [-0.25, -0.2) is 0 Å². The molecule has 0 bridgehead atoms. The molecule has 0 aromatic rings. The molecule has 0 spiro atoms. The summed E-state index contributed by atoms with van der Waals surface area (Å²) in [6.07, 6.45) is 4.13. The van der Waals surface area contributed by atoms with Crippen LogP contribution in [0.2, 0.25) is 0 Å². The number of allylic oxidation sites excluding steroid dienone is 3. The van der Waals surface area contributed by atoms with Crippen molar-refractivity contribution in [3.05, 3.63) is 23.4 Å². The fourth-order valence-corrected chi connectivity index (χ4v) is 1.25. The van der Waals surface area contributed by atoms with Gasteiger partial charge in [-0.3, -0.25) is 0 Å². The number of rotatable bonds is 7. The maximum absolute atomic E-state index is 6.00. The lowest BCUT2D eigenvalue weighted by molar-refractivity contribution is 0.351. The van der Waals surface area contributed by atoms with E-state index in [0.29, 0.717) is 0 Å². The summed E-state index contributed by atoms with van der Waals surface area (Å²) >= 11 is 0. The molecule has 0 saturated carbocycles. The number of likely N-dealkylation sites (N-methyl/N-ethyl adjacent to an activating group) is 1. The van der Waals surface area contributed by atoms with Crippen LogP contribution < -0.4 is 11.1 Å². The summed E-state index contributed by atoms with van der Waals surface area (Å²) in [6, 6.07) is 0. The van der Waals surface area contributed by atoms with Gasteiger partial charge in [-0.1, -0.05) is 39.3 Å². The minimum absolute atomic E-state index is 0.0496. The molecule has 0 aliphatic rings. The standard InChI is InChI=1S/C15H31N3/c1-7-18(6)11-10-17-12-13(2)8-9-14(16)15(3,4)5/h8-9,17H,7,10-12,16H2,1-6H3/b13-8+,14-9-. The second-order valence-corrected chi connectivity index (χ2v) is 5.96. The van der Waals surface area contributed by atoms with Crippen LogP contribution in [0.4, 0.5) is 0 Å². The predicted octanol–water partition coefficient (Wildman–Crippen LogP) is 2.36. The third-order valence-electron chi connectivity index (χ3n) is 3.03. The van der Waals surface area contributed by atoms with Crippen LogP contribution in [-0.2, 0) is 0 Å². The van der Waals surface area contributed by atoms with Gasteiger partial charge < -0.3 is 16.0 Å². The molecule has 0 unspecified atom stereocenters. The summed E-state index contributed by atoms with van der Waals surface area (Å²) in [5, 5.41) is 3.43. The average molecular weight is 253 g/mol. The van der Waals surface area contributed by atoms with Gasteiger partial charge in [0.2, 0.25) is 0 Å². The van der Waals surface area contributed by atoms with E-state index in [9.17, 15) is 0 Å². The summed E-state index contributed by atoms with van der Waals surface area (Å²) < 4.78 is 0. The van der Waals surface area contributed by atoms with Crippen molar-refractivity contribution in [2.24, 2.45) is 11.1 Å². The molecule has 0 atom stereocenters. The van der Waals surface area contributed by atoms with Crippen LogP contribution in [0.3, 0.4) is 0 Å². The lowest BCUT2D eigenvalue weighted by atomic mass is 9.92. The van der Waals surface area contributed by atoms with Gasteiger partial charge in [-0.2, -0.15) is 0 Å². The summed E-state index contributed by atoms with van der Waals surface area (Å²) in [4.78, 5) is 2.30. The minimum Gasteiger partial charge on any atom is -0.402 e. The van der Waals surface area contributed by atoms with E-state index in [-0.39, 0.29) is 5.41 Å². The average Bonchev–Trinajstić information content (AvgIpc) is 2.29. The second-order valence-electron chi connectivity index (χ2n) is 5.96. The van der Waals surface area contributed by atoms with E-state index in [0.717, 1.165) is 31.9 Å². The molecule has 0 saturated heterocycles. The Kier molecular flexibility index (Phi) is 7.96. The van der Waals surface area contributed by atoms with Crippen LogP contribution in [0.25, 0.3) is 0 Å². The molecule has 0 fully saturated rings. The second kappa shape index (κ2) is 8.33. The highest BCUT2D eigenvalue weighted by molar-refractivity contribution is 5.19. The van der Waals surface area contributed by atoms with Crippen molar-refractivity contribution in [1.82, 2.24) is 10.2 Å². The zero-order chi connectivity index (χ0) is 14.2. The van der Waals surface area contributed by atoms with Gasteiger partial charge in [0.25, 0.3) is 0 Å². The lowest BCUT2D eigenvalue weighted by Crippen LogP contribution is -2.29. The fourth-order valence-electron chi connectivity index (χ4n) is 1.25. The summed E-state index contributed by atoms with van der Waals surface area (Å²) in [7, 11) is 2.14. The summed E-state index contributed by atoms with van der Waals surface area (Å²) in [6.45, 7) is 14.8. The lowest BCUT2D eigenvalue weighted by Gasteiger charge is -2.18. The van der Waals surface area contributed by atoms with Crippen LogP contribution in [0, 0.1) is 5.41 Å². The van der Waals surface area contributed by atoms with Gasteiger partial charge in [0.05, 0.1) is 0 Å². The van der Waals surface area contributed by atoms with E-state index in [1.807, 2.05) is 6.08 Å². The summed E-state index contributed by atoms with van der Waals surface area (Å²) in [5.74, 6) is 0. The Bertz CT molecular complexity index is 285. The Labute approximate surface area is 113 Å². The first-order valence-electron chi connectivity index (χ1n) is 6.80. The number of hydrogen-bond donors (Lipinski definition) is 2. The highest BCUT2D eigenvalue weighted by Crippen LogP contribution is 2.20. The number of hydrogen-bond acceptors (Lipinski definition) is 3. The Balaban J connectivity index is 3.99. The first-order chi connectivity index (χ1) is 8.27. The van der Waals surface area contributed by atoms with Gasteiger partial charge >= 0.3 is 0 Å². The third-order valence-corrected chi connectivity index (χ3v) is 3.03. The van der Waals surface area contributed by atoms with Crippen LogP contribution >= 0.6 is 0 Å². The maximum Gasteiger partial charge on any atom is 0.0165 e. The zero-order valence-electron chi connectivity index (χ0n) is 13.0. The smallest absolute Gasteiger partial charge is 0.0165 e. The largest absolute Gasteiger partial charge is 0.402 e. The van der Waals surface area contributed by atoms with Crippen LogP contribution in [-0.4, -0.2) is 38.1 Å². The van der Waals surface area contributed by atoms with Crippen molar-refractivity contribution in [3.63, 3.8) is 0 Å². The quantitative estimate of drug-likeness (QED) is 0.540. The first kappa shape index (κ1) is 17.2. The SMILES string of the molecule is CCN(C)CCNC/C(C)=C/C=C(\N)C(C)(C)C. The Morgan fingerprint density at radius 2 is 1.89 bits per heavy atom. The van der Waals surface area contributed by atoms with Crippen molar-refractivity contribution >= 4 is 0 Å². The predicted molar refractivity (Wildman–Crippen MR) is 81.5 cm³/mol. The summed E-state index contributed by atoms with van der Waals surface area (Å²) in [5.41, 5.74) is 8.28. The molecule has 0 aromatic heterocycles. The molecule has 0 aliphatic heterocycles. The highest BCUT2D eigenvalue weighted by Gasteiger charge is 2.12. The topological polar surface area (TPSA) is 41.3 Å². The molecule has 3 heteroatoms. The molecule has 0 aliphatic carbocycles. The minimum atomic E-state index is 0.0496. The maximum atomic E-state index is 6.00. The number of nitrogens with zero attached hydrogens (tertiary/aromatic N) is 1. The third kappa shape index (κ3) is 8.31. The van der Waals surface area contributed by atoms with Crippen molar-refractivity contribution < 1.29 is 0 Å². The molecule has 0 amide bonds. The molecule has 0 heterocycles. The Morgan fingerprint density at radius 3 is 2.39 bits per heavy atom. The van der Waals surface area contributed by atoms with E-state index in [2.05, 4.69) is 58.0 Å². The van der Waals surface area contributed by atoms with Crippen molar-refractivity contribution in [1.29, 1.82) is 0 Å². The van der Waals surface area contributed by atoms with E-state index < -0.39 is 0 Å². The molecular formula is C15H31N3.